The van der Waals surface area contributed by atoms with Crippen molar-refractivity contribution in [3.8, 4) is 0 Å². The molecule has 1 aromatic rings. The van der Waals surface area contributed by atoms with Crippen molar-refractivity contribution in [1.29, 1.82) is 0 Å². The van der Waals surface area contributed by atoms with Gasteiger partial charge in [0, 0.05) is 12.3 Å². The average molecular weight is 390 g/mol. The van der Waals surface area contributed by atoms with E-state index in [1.807, 2.05) is 37.3 Å². The van der Waals surface area contributed by atoms with Crippen LogP contribution in [0.4, 0.5) is 4.79 Å². The minimum Gasteiger partial charge on any atom is -0.464 e. The van der Waals surface area contributed by atoms with Gasteiger partial charge in [-0.05, 0) is 18.4 Å². The largest absolute Gasteiger partial charge is 0.464 e. The van der Waals surface area contributed by atoms with E-state index in [0.717, 1.165) is 10.6 Å². The fourth-order valence-corrected chi connectivity index (χ4v) is 3.02. The second-order valence-electron chi connectivity index (χ2n) is 6.84. The number of ether oxygens (including phenoxy) is 2. The first-order valence-corrected chi connectivity index (χ1v) is 9.28. The number of esters is 1. The molecule has 2 rings (SSSR count). The van der Waals surface area contributed by atoms with Gasteiger partial charge in [0.25, 0.3) is 0 Å². The fraction of sp³-hybridized carbons (Fsp3) is 0.500. The molecule has 0 saturated carbocycles. The van der Waals surface area contributed by atoms with E-state index in [1.54, 1.807) is 19.8 Å². The molecule has 1 amide bonds. The number of allylic oxidation sites excluding steroid dienone is 1. The van der Waals surface area contributed by atoms with E-state index >= 15 is 0 Å². The van der Waals surface area contributed by atoms with Crippen LogP contribution in [0.1, 0.15) is 39.2 Å². The zero-order chi connectivity index (χ0) is 20.7. The van der Waals surface area contributed by atoms with Crippen LogP contribution in [0, 0.1) is 5.92 Å². The summed E-state index contributed by atoms with van der Waals surface area (Å²) in [6.07, 6.45) is -1.02. The first-order chi connectivity index (χ1) is 13.4. The molecule has 152 valence electrons. The van der Waals surface area contributed by atoms with Crippen LogP contribution in [0.15, 0.2) is 36.0 Å². The van der Waals surface area contributed by atoms with Gasteiger partial charge in [0.15, 0.2) is 0 Å². The minimum atomic E-state index is -1.32. The molecule has 1 aromatic carbocycles. The van der Waals surface area contributed by atoms with E-state index in [0.29, 0.717) is 12.8 Å². The Morgan fingerprint density at radius 1 is 1.36 bits per heavy atom. The van der Waals surface area contributed by atoms with Crippen molar-refractivity contribution in [3.05, 3.63) is 41.6 Å². The highest BCUT2D eigenvalue weighted by molar-refractivity contribution is 5.71. The lowest BCUT2D eigenvalue weighted by molar-refractivity contribution is -0.171. The molecular formula is C20H26N2O6. The van der Waals surface area contributed by atoms with Crippen molar-refractivity contribution in [2.45, 2.75) is 52.4 Å². The third-order valence-electron chi connectivity index (χ3n) is 4.38. The standard InChI is InChI=1S/C20H26N2O6/c1-4-8-18(24)28-19-16(11-15-9-6-5-7-10-15)21(13-27-19)22(20(25)26)17(12-23)14(2)3/h5-7,9-10,14,16,19H,4,8,11,13H2,1-3H3,(H,25,26). The van der Waals surface area contributed by atoms with E-state index < -0.39 is 24.4 Å². The topological polar surface area (TPSA) is 96.4 Å². The van der Waals surface area contributed by atoms with Crippen molar-refractivity contribution in [2.24, 2.45) is 5.92 Å². The van der Waals surface area contributed by atoms with E-state index in [4.69, 9.17) is 9.47 Å². The number of nitrogens with zero attached hydrogens (tertiary/aromatic N) is 2. The zero-order valence-corrected chi connectivity index (χ0v) is 16.3. The monoisotopic (exact) mass is 390 g/mol. The summed E-state index contributed by atoms with van der Waals surface area (Å²) in [5, 5.41) is 12.0. The summed E-state index contributed by atoms with van der Waals surface area (Å²) in [4.78, 5) is 35.4. The summed E-state index contributed by atoms with van der Waals surface area (Å²) in [5.41, 5.74) is 0.890. The van der Waals surface area contributed by atoms with E-state index in [-0.39, 0.29) is 24.8 Å². The molecule has 1 heterocycles. The maximum absolute atomic E-state index is 12.0. The molecule has 1 aliphatic rings. The van der Waals surface area contributed by atoms with Gasteiger partial charge in [0.1, 0.15) is 18.4 Å². The Morgan fingerprint density at radius 3 is 2.57 bits per heavy atom. The van der Waals surface area contributed by atoms with Gasteiger partial charge in [-0.25, -0.2) is 9.59 Å². The fourth-order valence-electron chi connectivity index (χ4n) is 3.02. The maximum atomic E-state index is 12.0. The van der Waals surface area contributed by atoms with Crippen molar-refractivity contribution in [3.63, 3.8) is 0 Å². The van der Waals surface area contributed by atoms with Gasteiger partial charge in [-0.15, -0.1) is 0 Å². The predicted molar refractivity (Wildman–Crippen MR) is 100 cm³/mol. The van der Waals surface area contributed by atoms with Gasteiger partial charge < -0.3 is 14.6 Å². The van der Waals surface area contributed by atoms with Gasteiger partial charge >= 0.3 is 12.1 Å². The number of carboxylic acid groups (broad SMARTS) is 1. The highest BCUT2D eigenvalue weighted by atomic mass is 16.7. The number of carbonyl (C=O) groups is 2. The van der Waals surface area contributed by atoms with Gasteiger partial charge in [-0.1, -0.05) is 51.1 Å². The van der Waals surface area contributed by atoms with Gasteiger partial charge in [-0.3, -0.25) is 4.79 Å². The number of carbonyl (C=O) groups excluding carboxylic acids is 2. The lowest BCUT2D eigenvalue weighted by Crippen LogP contribution is -2.52. The maximum Gasteiger partial charge on any atom is 0.427 e. The molecule has 1 fully saturated rings. The quantitative estimate of drug-likeness (QED) is 0.538. The first kappa shape index (κ1) is 21.6. The van der Waals surface area contributed by atoms with Crippen LogP contribution >= 0.6 is 0 Å². The molecule has 2 atom stereocenters. The van der Waals surface area contributed by atoms with Crippen LogP contribution in [0.25, 0.3) is 0 Å². The number of hydrazine groups is 1. The molecule has 2 unspecified atom stereocenters. The molecule has 0 bridgehead atoms. The number of hydrogen-bond donors (Lipinski definition) is 1. The average Bonchev–Trinajstić information content (AvgIpc) is 3.01. The summed E-state index contributed by atoms with van der Waals surface area (Å²) in [7, 11) is 0. The summed E-state index contributed by atoms with van der Waals surface area (Å²) in [6.45, 7) is 5.14. The van der Waals surface area contributed by atoms with Crippen molar-refractivity contribution in [1.82, 2.24) is 10.0 Å². The molecule has 1 N–H and O–H groups in total. The molecule has 1 aliphatic heterocycles. The molecule has 8 heteroatoms. The molecule has 0 spiro atoms. The van der Waals surface area contributed by atoms with Crippen molar-refractivity contribution in [2.75, 3.05) is 6.73 Å². The highest BCUT2D eigenvalue weighted by Crippen LogP contribution is 2.28. The SMILES string of the molecule is CCCC(=O)OC1OCN(N(C(=O)O)C(=C=O)C(C)C)C1Cc1ccccc1. The zero-order valence-electron chi connectivity index (χ0n) is 16.3. The van der Waals surface area contributed by atoms with E-state index in [2.05, 4.69) is 0 Å². The minimum absolute atomic E-state index is 0.0327. The van der Waals surface area contributed by atoms with Crippen molar-refractivity contribution >= 4 is 18.0 Å². The van der Waals surface area contributed by atoms with Gasteiger partial charge in [0.2, 0.25) is 6.29 Å². The van der Waals surface area contributed by atoms with Gasteiger partial charge in [0.05, 0.1) is 6.04 Å². The van der Waals surface area contributed by atoms with Gasteiger partial charge in [-0.2, -0.15) is 10.0 Å². The lowest BCUT2D eigenvalue weighted by atomic mass is 10.1. The summed E-state index contributed by atoms with van der Waals surface area (Å²) < 4.78 is 11.0. The molecule has 0 aliphatic carbocycles. The highest BCUT2D eigenvalue weighted by Gasteiger charge is 2.44. The Hall–Kier alpha value is -2.67. The van der Waals surface area contributed by atoms with Crippen LogP contribution in [0.2, 0.25) is 0 Å². The van der Waals surface area contributed by atoms with Crippen LogP contribution in [-0.2, 0) is 25.5 Å². The number of hydrogen-bond acceptors (Lipinski definition) is 6. The molecule has 0 radical (unpaired) electrons. The number of amides is 1. The molecule has 1 saturated heterocycles. The first-order valence-electron chi connectivity index (χ1n) is 9.28. The third kappa shape index (κ3) is 5.19. The predicted octanol–water partition coefficient (Wildman–Crippen LogP) is 2.82. The van der Waals surface area contributed by atoms with Crippen molar-refractivity contribution < 1.29 is 29.0 Å². The Bertz CT molecular complexity index is 729. The summed E-state index contributed by atoms with van der Waals surface area (Å²) in [6, 6.07) is 8.79. The lowest BCUT2D eigenvalue weighted by Gasteiger charge is -2.34. The third-order valence-corrected chi connectivity index (χ3v) is 4.38. The molecular weight excluding hydrogens is 364 g/mol. The Kier molecular flexibility index (Phi) is 7.75. The summed E-state index contributed by atoms with van der Waals surface area (Å²) in [5.74, 6) is 0.946. The Labute approximate surface area is 164 Å². The Morgan fingerprint density at radius 2 is 2.04 bits per heavy atom. The van der Waals surface area contributed by atoms with Crippen LogP contribution in [0.3, 0.4) is 0 Å². The number of rotatable bonds is 8. The van der Waals surface area contributed by atoms with E-state index in [9.17, 15) is 19.5 Å². The summed E-state index contributed by atoms with van der Waals surface area (Å²) >= 11 is 0. The normalized spacial score (nSPS) is 19.3. The molecule has 28 heavy (non-hydrogen) atoms. The number of benzene rings is 1. The molecule has 8 nitrogen and oxygen atoms in total. The van der Waals surface area contributed by atoms with Crippen LogP contribution < -0.4 is 0 Å². The van der Waals surface area contributed by atoms with Crippen LogP contribution in [-0.4, -0.2) is 52.2 Å². The van der Waals surface area contributed by atoms with Crippen LogP contribution in [0.5, 0.6) is 0 Å². The molecule has 0 aromatic heterocycles. The van der Waals surface area contributed by atoms with E-state index in [1.165, 1.54) is 5.01 Å². The Balaban J connectivity index is 2.35. The second kappa shape index (κ2) is 10.0. The second-order valence-corrected chi connectivity index (χ2v) is 6.84. The smallest absolute Gasteiger partial charge is 0.427 e.